The molecule has 0 atom stereocenters. The van der Waals surface area contributed by atoms with E-state index in [-0.39, 0.29) is 11.3 Å². The van der Waals surface area contributed by atoms with E-state index in [1.165, 1.54) is 23.5 Å². The highest BCUT2D eigenvalue weighted by atomic mass is 32.1. The van der Waals surface area contributed by atoms with Crippen LogP contribution >= 0.6 is 11.3 Å². The minimum atomic E-state index is -0.562. The van der Waals surface area contributed by atoms with E-state index in [2.05, 4.69) is 4.98 Å². The second-order valence-corrected chi connectivity index (χ2v) is 4.67. The lowest BCUT2D eigenvalue weighted by Crippen LogP contribution is -2.16. The molecule has 0 unspecified atom stereocenters. The van der Waals surface area contributed by atoms with Crippen LogP contribution in [0.5, 0.6) is 0 Å². The summed E-state index contributed by atoms with van der Waals surface area (Å²) in [5.74, 6) is 0. The molecule has 0 bridgehead atoms. The van der Waals surface area contributed by atoms with Crippen LogP contribution in [-0.4, -0.2) is 23.2 Å². The van der Waals surface area contributed by atoms with Crippen molar-refractivity contribution in [3.63, 3.8) is 0 Å². The molecule has 0 amide bonds. The summed E-state index contributed by atoms with van der Waals surface area (Å²) in [6.45, 7) is 0.583. The van der Waals surface area contributed by atoms with Crippen LogP contribution in [0.4, 0.5) is 11.4 Å². The summed E-state index contributed by atoms with van der Waals surface area (Å²) >= 11 is 1.51. The Bertz CT molecular complexity index is 598. The van der Waals surface area contributed by atoms with Gasteiger partial charge in [-0.2, -0.15) is 0 Å². The van der Waals surface area contributed by atoms with Crippen LogP contribution in [0.2, 0.25) is 0 Å². The van der Waals surface area contributed by atoms with Gasteiger partial charge in [0.2, 0.25) is 0 Å². The Hall–Kier alpha value is -2.28. The summed E-state index contributed by atoms with van der Waals surface area (Å²) in [6, 6.07) is 4.48. The lowest BCUT2D eigenvalue weighted by Gasteiger charge is -2.18. The number of aldehydes is 1. The monoisotopic (exact) mass is 277 g/mol. The summed E-state index contributed by atoms with van der Waals surface area (Å²) in [6.07, 6.45) is 0.498. The van der Waals surface area contributed by atoms with E-state index in [9.17, 15) is 14.9 Å². The van der Waals surface area contributed by atoms with Crippen molar-refractivity contribution >= 4 is 29.0 Å². The van der Waals surface area contributed by atoms with Gasteiger partial charge in [0.1, 0.15) is 0 Å². The van der Waals surface area contributed by atoms with Crippen molar-refractivity contribution in [1.29, 1.82) is 0 Å². The number of anilines is 1. The molecule has 98 valence electrons. The van der Waals surface area contributed by atoms with Crippen molar-refractivity contribution in [2.75, 3.05) is 11.9 Å². The average Bonchev–Trinajstić information content (AvgIpc) is 2.90. The predicted octanol–water partition coefficient (Wildman–Crippen LogP) is 2.50. The van der Waals surface area contributed by atoms with Crippen molar-refractivity contribution in [1.82, 2.24) is 4.98 Å². The Morgan fingerprint density at radius 1 is 1.53 bits per heavy atom. The smallest absolute Gasteiger partial charge is 0.280 e. The maximum Gasteiger partial charge on any atom is 0.280 e. The number of carbonyl (C=O) groups is 1. The number of hydrogen-bond donors (Lipinski definition) is 0. The van der Waals surface area contributed by atoms with Crippen LogP contribution in [0, 0.1) is 10.1 Å². The molecule has 0 saturated heterocycles. The SMILES string of the molecule is CN(Cc1cscn1)c1ccc([N+](=O)[O-])c(C=O)c1. The Kier molecular flexibility index (Phi) is 3.86. The quantitative estimate of drug-likeness (QED) is 0.477. The van der Waals surface area contributed by atoms with Crippen LogP contribution in [0.25, 0.3) is 0 Å². The van der Waals surface area contributed by atoms with Crippen molar-refractivity contribution in [3.8, 4) is 0 Å². The standard InChI is InChI=1S/C12H11N3O3S/c1-14(5-10-7-19-8-13-10)11-2-3-12(15(17)18)9(4-11)6-16/h2-4,6-8H,5H2,1H3. The molecule has 1 aromatic carbocycles. The summed E-state index contributed by atoms with van der Waals surface area (Å²) < 4.78 is 0. The van der Waals surface area contributed by atoms with Gasteiger partial charge in [-0.15, -0.1) is 11.3 Å². The third-order valence-electron chi connectivity index (χ3n) is 2.66. The minimum absolute atomic E-state index is 0.0765. The number of thiazole rings is 1. The van der Waals surface area contributed by atoms with Crippen LogP contribution in [-0.2, 0) is 6.54 Å². The fourth-order valence-corrected chi connectivity index (χ4v) is 2.24. The molecule has 0 radical (unpaired) electrons. The van der Waals surface area contributed by atoms with Gasteiger partial charge in [0.05, 0.1) is 28.2 Å². The molecule has 0 saturated carbocycles. The molecule has 0 aliphatic rings. The first-order valence-corrected chi connectivity index (χ1v) is 6.38. The first kappa shape index (κ1) is 13.2. The van der Waals surface area contributed by atoms with E-state index >= 15 is 0 Å². The maximum absolute atomic E-state index is 10.9. The van der Waals surface area contributed by atoms with Crippen LogP contribution in [0.3, 0.4) is 0 Å². The molecule has 6 nitrogen and oxygen atoms in total. The van der Waals surface area contributed by atoms with Crippen molar-refractivity contribution in [3.05, 3.63) is 50.5 Å². The number of nitrogens with zero attached hydrogens (tertiary/aromatic N) is 3. The van der Waals surface area contributed by atoms with E-state index < -0.39 is 4.92 Å². The summed E-state index contributed by atoms with van der Waals surface area (Å²) in [4.78, 5) is 27.1. The van der Waals surface area contributed by atoms with Crippen molar-refractivity contribution in [2.45, 2.75) is 6.54 Å². The van der Waals surface area contributed by atoms with E-state index in [0.717, 1.165) is 11.4 Å². The van der Waals surface area contributed by atoms with E-state index in [1.807, 2.05) is 17.3 Å². The fourth-order valence-electron chi connectivity index (χ4n) is 1.69. The number of aromatic nitrogens is 1. The van der Waals surface area contributed by atoms with Gasteiger partial charge in [0, 0.05) is 24.2 Å². The number of nitro groups is 1. The summed E-state index contributed by atoms with van der Waals surface area (Å²) in [5.41, 5.74) is 3.29. The average molecular weight is 277 g/mol. The summed E-state index contributed by atoms with van der Waals surface area (Å²) in [5, 5.41) is 12.7. The zero-order valence-corrected chi connectivity index (χ0v) is 11.0. The van der Waals surface area contributed by atoms with E-state index in [1.54, 1.807) is 11.6 Å². The van der Waals surface area contributed by atoms with Crippen molar-refractivity contribution in [2.24, 2.45) is 0 Å². The second-order valence-electron chi connectivity index (χ2n) is 3.95. The lowest BCUT2D eigenvalue weighted by atomic mass is 10.1. The first-order valence-electron chi connectivity index (χ1n) is 5.43. The molecule has 2 aromatic rings. The number of carbonyl (C=O) groups excluding carboxylic acids is 1. The molecule has 1 aromatic heterocycles. The third kappa shape index (κ3) is 2.94. The maximum atomic E-state index is 10.9. The predicted molar refractivity (Wildman–Crippen MR) is 72.7 cm³/mol. The molecule has 0 fully saturated rings. The Morgan fingerprint density at radius 3 is 2.89 bits per heavy atom. The molecular weight excluding hydrogens is 266 g/mol. The lowest BCUT2D eigenvalue weighted by molar-refractivity contribution is -0.385. The number of nitro benzene ring substituents is 1. The second kappa shape index (κ2) is 5.57. The van der Waals surface area contributed by atoms with Crippen molar-refractivity contribution < 1.29 is 9.72 Å². The topological polar surface area (TPSA) is 76.3 Å². The number of benzene rings is 1. The molecule has 0 aliphatic carbocycles. The normalized spacial score (nSPS) is 10.2. The highest BCUT2D eigenvalue weighted by Gasteiger charge is 2.15. The van der Waals surface area contributed by atoms with Gasteiger partial charge in [0.25, 0.3) is 5.69 Å². The first-order chi connectivity index (χ1) is 9.11. The summed E-state index contributed by atoms with van der Waals surface area (Å²) in [7, 11) is 1.84. The van der Waals surface area contributed by atoms with E-state index in [0.29, 0.717) is 12.8 Å². The Labute approximate surface area is 113 Å². The zero-order valence-electron chi connectivity index (χ0n) is 10.1. The van der Waals surface area contributed by atoms with Gasteiger partial charge in [-0.1, -0.05) is 0 Å². The van der Waals surface area contributed by atoms with Gasteiger partial charge < -0.3 is 4.90 Å². The van der Waals surface area contributed by atoms with Gasteiger partial charge in [-0.25, -0.2) is 4.98 Å². The molecule has 0 aliphatic heterocycles. The fraction of sp³-hybridized carbons (Fsp3) is 0.167. The van der Waals surface area contributed by atoms with E-state index in [4.69, 9.17) is 0 Å². The highest BCUT2D eigenvalue weighted by Crippen LogP contribution is 2.24. The largest absolute Gasteiger partial charge is 0.369 e. The zero-order chi connectivity index (χ0) is 13.8. The molecule has 1 heterocycles. The molecule has 7 heteroatoms. The molecule has 2 rings (SSSR count). The van der Waals surface area contributed by atoms with Gasteiger partial charge in [-0.05, 0) is 12.1 Å². The molecule has 19 heavy (non-hydrogen) atoms. The van der Waals surface area contributed by atoms with Gasteiger partial charge in [-0.3, -0.25) is 14.9 Å². The Morgan fingerprint density at radius 2 is 2.32 bits per heavy atom. The number of hydrogen-bond acceptors (Lipinski definition) is 6. The highest BCUT2D eigenvalue weighted by molar-refractivity contribution is 7.07. The molecule has 0 N–H and O–H groups in total. The molecular formula is C12H11N3O3S. The minimum Gasteiger partial charge on any atom is -0.369 e. The Balaban J connectivity index is 2.25. The van der Waals surface area contributed by atoms with Gasteiger partial charge in [0.15, 0.2) is 6.29 Å². The molecule has 0 spiro atoms. The van der Waals surface area contributed by atoms with Crippen LogP contribution < -0.4 is 4.90 Å². The van der Waals surface area contributed by atoms with Crippen LogP contribution in [0.15, 0.2) is 29.1 Å². The third-order valence-corrected chi connectivity index (χ3v) is 3.29. The van der Waals surface area contributed by atoms with Crippen LogP contribution in [0.1, 0.15) is 16.1 Å². The van der Waals surface area contributed by atoms with Gasteiger partial charge >= 0.3 is 0 Å². The number of rotatable bonds is 5.